The van der Waals surface area contributed by atoms with Gasteiger partial charge in [-0.15, -0.1) is 0 Å². The summed E-state index contributed by atoms with van der Waals surface area (Å²) in [5.74, 6) is 0. The van der Waals surface area contributed by atoms with Crippen LogP contribution in [0.4, 0.5) is 0 Å². The van der Waals surface area contributed by atoms with Gasteiger partial charge in [-0.3, -0.25) is 0 Å². The van der Waals surface area contributed by atoms with Crippen LogP contribution in [0.2, 0.25) is 0 Å². The highest BCUT2D eigenvalue weighted by Crippen LogP contribution is 1.98. The molecule has 0 aliphatic carbocycles. The Kier molecular flexibility index (Phi) is 9.87. The molecule has 13 heavy (non-hydrogen) atoms. The molecule has 3 heteroatoms. The second-order valence-electron chi connectivity index (χ2n) is 3.05. The lowest BCUT2D eigenvalue weighted by Crippen LogP contribution is -2.33. The first-order chi connectivity index (χ1) is 6.35. The van der Waals surface area contributed by atoms with E-state index in [1.165, 1.54) is 0 Å². The van der Waals surface area contributed by atoms with Gasteiger partial charge in [0.2, 0.25) is 0 Å². The van der Waals surface area contributed by atoms with Gasteiger partial charge in [0.15, 0.2) is 0 Å². The van der Waals surface area contributed by atoms with Crippen LogP contribution >= 0.6 is 0 Å². The largest absolute Gasteiger partial charge is 0.385 e. The van der Waals surface area contributed by atoms with Crippen LogP contribution in [-0.4, -0.2) is 39.5 Å². The number of hydrogen-bond acceptors (Lipinski definition) is 3. The molecule has 0 rings (SSSR count). The van der Waals surface area contributed by atoms with Gasteiger partial charge in [-0.1, -0.05) is 6.92 Å². The zero-order valence-corrected chi connectivity index (χ0v) is 9.14. The molecule has 0 fully saturated rings. The summed E-state index contributed by atoms with van der Waals surface area (Å²) < 4.78 is 10.4. The van der Waals surface area contributed by atoms with Crippen LogP contribution in [0.3, 0.4) is 0 Å². The highest BCUT2D eigenvalue weighted by molar-refractivity contribution is 4.64. The van der Waals surface area contributed by atoms with E-state index in [4.69, 9.17) is 9.47 Å². The van der Waals surface area contributed by atoms with E-state index in [9.17, 15) is 0 Å². The second kappa shape index (κ2) is 9.96. The van der Waals surface area contributed by atoms with Gasteiger partial charge >= 0.3 is 0 Å². The van der Waals surface area contributed by atoms with Crippen molar-refractivity contribution in [1.82, 2.24) is 5.32 Å². The average Bonchev–Trinajstić information content (AvgIpc) is 2.14. The summed E-state index contributed by atoms with van der Waals surface area (Å²) in [5.41, 5.74) is 0. The first kappa shape index (κ1) is 12.9. The van der Waals surface area contributed by atoms with Crippen molar-refractivity contribution in [1.29, 1.82) is 0 Å². The van der Waals surface area contributed by atoms with Crippen molar-refractivity contribution in [3.05, 3.63) is 0 Å². The van der Waals surface area contributed by atoms with Gasteiger partial charge in [0.25, 0.3) is 0 Å². The maximum atomic E-state index is 5.38. The molecular weight excluding hydrogens is 166 g/mol. The van der Waals surface area contributed by atoms with Gasteiger partial charge in [0.1, 0.15) is 0 Å². The van der Waals surface area contributed by atoms with Gasteiger partial charge in [0.05, 0.1) is 6.61 Å². The SMILES string of the molecule is CCNC(CCCOC)COCC. The van der Waals surface area contributed by atoms with E-state index < -0.39 is 0 Å². The van der Waals surface area contributed by atoms with E-state index in [0.29, 0.717) is 6.04 Å². The minimum absolute atomic E-state index is 0.486. The van der Waals surface area contributed by atoms with Crippen LogP contribution in [0.25, 0.3) is 0 Å². The summed E-state index contributed by atoms with van der Waals surface area (Å²) in [4.78, 5) is 0. The molecule has 0 aromatic heterocycles. The zero-order chi connectivity index (χ0) is 9.94. The lowest BCUT2D eigenvalue weighted by molar-refractivity contribution is 0.114. The molecule has 1 unspecified atom stereocenters. The molecular formula is C10H23NO2. The van der Waals surface area contributed by atoms with Crippen molar-refractivity contribution in [2.75, 3.05) is 33.5 Å². The Morgan fingerprint density at radius 2 is 2.08 bits per heavy atom. The first-order valence-corrected chi connectivity index (χ1v) is 5.15. The molecule has 0 amide bonds. The van der Waals surface area contributed by atoms with Crippen LogP contribution < -0.4 is 5.32 Å². The minimum atomic E-state index is 0.486. The monoisotopic (exact) mass is 189 g/mol. The summed E-state index contributed by atoms with van der Waals surface area (Å²) in [7, 11) is 1.74. The van der Waals surface area contributed by atoms with Crippen LogP contribution in [0, 0.1) is 0 Å². The van der Waals surface area contributed by atoms with E-state index in [1.807, 2.05) is 6.92 Å². The van der Waals surface area contributed by atoms with Gasteiger partial charge < -0.3 is 14.8 Å². The van der Waals surface area contributed by atoms with Crippen LogP contribution in [0.5, 0.6) is 0 Å². The zero-order valence-electron chi connectivity index (χ0n) is 9.14. The molecule has 0 aliphatic rings. The third kappa shape index (κ3) is 8.22. The molecule has 0 aliphatic heterocycles. The Balaban J connectivity index is 3.41. The lowest BCUT2D eigenvalue weighted by Gasteiger charge is -2.17. The molecule has 1 N–H and O–H groups in total. The Morgan fingerprint density at radius 3 is 2.62 bits per heavy atom. The maximum absolute atomic E-state index is 5.38. The molecule has 0 aromatic carbocycles. The third-order valence-corrected chi connectivity index (χ3v) is 1.92. The van der Waals surface area contributed by atoms with Crippen molar-refractivity contribution in [2.45, 2.75) is 32.7 Å². The van der Waals surface area contributed by atoms with Crippen LogP contribution in [-0.2, 0) is 9.47 Å². The van der Waals surface area contributed by atoms with Crippen molar-refractivity contribution < 1.29 is 9.47 Å². The normalized spacial score (nSPS) is 13.2. The number of rotatable bonds is 9. The number of hydrogen-bond donors (Lipinski definition) is 1. The molecule has 0 saturated carbocycles. The summed E-state index contributed by atoms with van der Waals surface area (Å²) in [6.45, 7) is 7.60. The summed E-state index contributed by atoms with van der Waals surface area (Å²) in [6.07, 6.45) is 2.23. The topological polar surface area (TPSA) is 30.5 Å². The van der Waals surface area contributed by atoms with Crippen LogP contribution in [0.15, 0.2) is 0 Å². The van der Waals surface area contributed by atoms with E-state index in [2.05, 4.69) is 12.2 Å². The van der Waals surface area contributed by atoms with Crippen molar-refractivity contribution in [2.24, 2.45) is 0 Å². The summed E-state index contributed by atoms with van der Waals surface area (Å²) >= 11 is 0. The molecule has 0 heterocycles. The quantitative estimate of drug-likeness (QED) is 0.557. The number of nitrogens with one attached hydrogen (secondary N) is 1. The van der Waals surface area contributed by atoms with Gasteiger partial charge in [0, 0.05) is 26.4 Å². The Hall–Kier alpha value is -0.120. The molecule has 3 nitrogen and oxygen atoms in total. The van der Waals surface area contributed by atoms with Crippen molar-refractivity contribution in [3.63, 3.8) is 0 Å². The number of methoxy groups -OCH3 is 1. The Labute approximate surface area is 81.8 Å². The predicted octanol–water partition coefficient (Wildman–Crippen LogP) is 1.43. The first-order valence-electron chi connectivity index (χ1n) is 5.15. The van der Waals surface area contributed by atoms with Crippen molar-refractivity contribution >= 4 is 0 Å². The van der Waals surface area contributed by atoms with Crippen LogP contribution in [0.1, 0.15) is 26.7 Å². The smallest absolute Gasteiger partial charge is 0.0619 e. The highest BCUT2D eigenvalue weighted by atomic mass is 16.5. The molecule has 0 radical (unpaired) electrons. The molecule has 0 bridgehead atoms. The fourth-order valence-electron chi connectivity index (χ4n) is 1.27. The average molecular weight is 189 g/mol. The van der Waals surface area contributed by atoms with Gasteiger partial charge in [-0.25, -0.2) is 0 Å². The third-order valence-electron chi connectivity index (χ3n) is 1.92. The fraction of sp³-hybridized carbons (Fsp3) is 1.00. The standard InChI is InChI=1S/C10H23NO2/c1-4-11-10(9-13-5-2)7-6-8-12-3/h10-11H,4-9H2,1-3H3. The fourth-order valence-corrected chi connectivity index (χ4v) is 1.27. The Bertz CT molecular complexity index is 98.9. The van der Waals surface area contributed by atoms with E-state index in [0.717, 1.165) is 39.2 Å². The lowest BCUT2D eigenvalue weighted by atomic mass is 10.2. The maximum Gasteiger partial charge on any atom is 0.0619 e. The molecule has 0 aromatic rings. The van der Waals surface area contributed by atoms with Gasteiger partial charge in [-0.2, -0.15) is 0 Å². The van der Waals surface area contributed by atoms with Gasteiger partial charge in [-0.05, 0) is 26.3 Å². The molecule has 1 atom stereocenters. The second-order valence-corrected chi connectivity index (χ2v) is 3.05. The van der Waals surface area contributed by atoms with Crippen molar-refractivity contribution in [3.8, 4) is 0 Å². The summed E-state index contributed by atoms with van der Waals surface area (Å²) in [5, 5.41) is 3.40. The molecule has 80 valence electrons. The van der Waals surface area contributed by atoms with E-state index >= 15 is 0 Å². The highest BCUT2D eigenvalue weighted by Gasteiger charge is 2.05. The van der Waals surface area contributed by atoms with E-state index in [1.54, 1.807) is 7.11 Å². The summed E-state index contributed by atoms with van der Waals surface area (Å²) in [6, 6.07) is 0.486. The number of likely N-dealkylation sites (N-methyl/N-ethyl adjacent to an activating group) is 1. The molecule has 0 saturated heterocycles. The predicted molar refractivity (Wildman–Crippen MR) is 55.1 cm³/mol. The minimum Gasteiger partial charge on any atom is -0.385 e. The molecule has 0 spiro atoms. The van der Waals surface area contributed by atoms with E-state index in [-0.39, 0.29) is 0 Å². The Morgan fingerprint density at radius 1 is 1.31 bits per heavy atom. The number of ether oxygens (including phenoxy) is 2.